The lowest BCUT2D eigenvalue weighted by molar-refractivity contribution is -0.147. The molecule has 0 aromatic heterocycles. The third-order valence-corrected chi connectivity index (χ3v) is 6.49. The Morgan fingerprint density at radius 1 is 1.24 bits per heavy atom. The topological polar surface area (TPSA) is 111 Å². The largest absolute Gasteiger partial charge is 0.784 e. The molecule has 2 aromatic carbocycles. The highest BCUT2D eigenvalue weighted by Gasteiger charge is 2.33. The number of hydroxylamine groups is 2. The number of aliphatic carboxylic acids is 1. The highest BCUT2D eigenvalue weighted by molar-refractivity contribution is 5.75. The van der Waals surface area contributed by atoms with Crippen LogP contribution in [0.15, 0.2) is 42.5 Å². The third kappa shape index (κ3) is 5.58. The smallest absolute Gasteiger partial charge is 0.323 e. The Morgan fingerprint density at radius 3 is 2.68 bits per heavy atom. The van der Waals surface area contributed by atoms with Crippen LogP contribution in [0, 0.1) is 5.21 Å². The Labute approximate surface area is 199 Å². The Hall–Kier alpha value is -2.94. The van der Waals surface area contributed by atoms with Gasteiger partial charge in [-0.2, -0.15) is 0 Å². The number of carboxylic acids is 1. The van der Waals surface area contributed by atoms with Crippen molar-refractivity contribution >= 4 is 11.9 Å². The van der Waals surface area contributed by atoms with Crippen molar-refractivity contribution in [2.75, 3.05) is 13.2 Å². The quantitative estimate of drug-likeness (QED) is 0.540. The zero-order valence-electron chi connectivity index (χ0n) is 19.4. The number of rotatable bonds is 9. The summed E-state index contributed by atoms with van der Waals surface area (Å²) in [7, 11) is 0. The standard InChI is InChI=1S/C26H31N2O6/c1-2-33-26(31)21(12-11-17-7-4-3-5-8-17)27-24-16-34-23-14-19-10-6-9-18(19)13-20(23)22(28(24)32)15-25(29)30/h3-5,7-8,13-14,21-22,24,27H,2,6,9-12,15-16H2,1H3,(H,29,30)/q-1/t21?,22?,24-/m0/s1. The third-order valence-electron chi connectivity index (χ3n) is 6.49. The number of benzene rings is 2. The number of aryl methyl sites for hydroxylation is 3. The summed E-state index contributed by atoms with van der Waals surface area (Å²) < 4.78 is 11.3. The van der Waals surface area contributed by atoms with Crippen molar-refractivity contribution < 1.29 is 24.2 Å². The molecule has 2 N–H and O–H groups in total. The van der Waals surface area contributed by atoms with Crippen LogP contribution in [0.25, 0.3) is 0 Å². The molecular formula is C26H31N2O6-. The van der Waals surface area contributed by atoms with E-state index in [1.807, 2.05) is 42.5 Å². The highest BCUT2D eigenvalue weighted by atomic mass is 16.5. The molecule has 34 heavy (non-hydrogen) atoms. The molecule has 1 heterocycles. The Morgan fingerprint density at radius 2 is 1.97 bits per heavy atom. The van der Waals surface area contributed by atoms with Crippen LogP contribution >= 0.6 is 0 Å². The Kier molecular flexibility index (Phi) is 7.82. The van der Waals surface area contributed by atoms with E-state index in [0.29, 0.717) is 24.2 Å². The first-order valence-electron chi connectivity index (χ1n) is 11.9. The molecule has 0 amide bonds. The number of nitrogens with zero attached hydrogens (tertiary/aromatic N) is 1. The SMILES string of the molecule is CCOC(=O)C(CCc1ccccc1)N[C@@H]1COc2cc3c(cc2C(CC(=O)O)N1[O-])CCC3. The van der Waals surface area contributed by atoms with Gasteiger partial charge in [0, 0.05) is 11.6 Å². The summed E-state index contributed by atoms with van der Waals surface area (Å²) in [6.45, 7) is 1.95. The van der Waals surface area contributed by atoms with Crippen LogP contribution in [-0.2, 0) is 33.6 Å². The van der Waals surface area contributed by atoms with Gasteiger partial charge in [0.2, 0.25) is 0 Å². The van der Waals surface area contributed by atoms with E-state index in [0.717, 1.165) is 35.5 Å². The summed E-state index contributed by atoms with van der Waals surface area (Å²) in [5, 5.41) is 26.9. The maximum Gasteiger partial charge on any atom is 0.323 e. The molecule has 0 radical (unpaired) electrons. The number of hydrogen-bond donors (Lipinski definition) is 2. The first-order valence-corrected chi connectivity index (χ1v) is 11.9. The lowest BCUT2D eigenvalue weighted by Gasteiger charge is -2.42. The Bertz CT molecular complexity index is 1010. The number of hydrogen-bond acceptors (Lipinski definition) is 7. The van der Waals surface area contributed by atoms with Gasteiger partial charge in [0.1, 0.15) is 18.4 Å². The summed E-state index contributed by atoms with van der Waals surface area (Å²) in [5.41, 5.74) is 3.99. The number of carbonyl (C=O) groups is 2. The van der Waals surface area contributed by atoms with Crippen LogP contribution in [-0.4, -0.2) is 47.5 Å². The van der Waals surface area contributed by atoms with Crippen LogP contribution < -0.4 is 10.1 Å². The monoisotopic (exact) mass is 467 g/mol. The number of carbonyl (C=O) groups excluding carboxylic acids is 1. The van der Waals surface area contributed by atoms with E-state index in [2.05, 4.69) is 5.32 Å². The maximum absolute atomic E-state index is 13.5. The van der Waals surface area contributed by atoms with E-state index in [-0.39, 0.29) is 19.6 Å². The second-order valence-corrected chi connectivity index (χ2v) is 8.81. The average molecular weight is 468 g/mol. The summed E-state index contributed by atoms with van der Waals surface area (Å²) >= 11 is 0. The molecule has 2 aliphatic rings. The van der Waals surface area contributed by atoms with E-state index in [9.17, 15) is 19.9 Å². The molecule has 8 nitrogen and oxygen atoms in total. The molecule has 0 fully saturated rings. The highest BCUT2D eigenvalue weighted by Crippen LogP contribution is 2.39. The summed E-state index contributed by atoms with van der Waals surface area (Å²) in [6.07, 6.45) is 2.68. The minimum Gasteiger partial charge on any atom is -0.784 e. The van der Waals surface area contributed by atoms with Crippen molar-refractivity contribution in [3.8, 4) is 5.75 Å². The second-order valence-electron chi connectivity index (χ2n) is 8.81. The molecule has 1 aliphatic carbocycles. The van der Waals surface area contributed by atoms with Crippen molar-refractivity contribution in [2.24, 2.45) is 0 Å². The molecule has 4 rings (SSSR count). The number of nitrogens with one attached hydrogen (secondary N) is 1. The van der Waals surface area contributed by atoms with Gasteiger partial charge in [-0.3, -0.25) is 14.9 Å². The van der Waals surface area contributed by atoms with Gasteiger partial charge in [0.15, 0.2) is 0 Å². The van der Waals surface area contributed by atoms with Crippen molar-refractivity contribution in [2.45, 2.75) is 63.7 Å². The van der Waals surface area contributed by atoms with Gasteiger partial charge in [-0.25, -0.2) is 0 Å². The maximum atomic E-state index is 13.5. The van der Waals surface area contributed by atoms with Gasteiger partial charge >= 0.3 is 11.9 Å². The van der Waals surface area contributed by atoms with E-state index < -0.39 is 30.2 Å². The van der Waals surface area contributed by atoms with E-state index in [4.69, 9.17) is 9.47 Å². The van der Waals surface area contributed by atoms with E-state index >= 15 is 0 Å². The van der Waals surface area contributed by atoms with Gasteiger partial charge in [0.05, 0.1) is 19.2 Å². The van der Waals surface area contributed by atoms with Gasteiger partial charge in [-0.05, 0) is 61.8 Å². The normalized spacial score (nSPS) is 20.5. The fraction of sp³-hybridized carbons (Fsp3) is 0.462. The molecule has 0 spiro atoms. The van der Waals surface area contributed by atoms with Crippen LogP contribution in [0.5, 0.6) is 5.75 Å². The van der Waals surface area contributed by atoms with Crippen molar-refractivity contribution in [1.29, 1.82) is 0 Å². The molecule has 0 saturated carbocycles. The fourth-order valence-electron chi connectivity index (χ4n) is 4.79. The van der Waals surface area contributed by atoms with Gasteiger partial charge in [0.25, 0.3) is 0 Å². The van der Waals surface area contributed by atoms with Gasteiger partial charge in [-0.1, -0.05) is 36.4 Å². The zero-order valence-corrected chi connectivity index (χ0v) is 19.4. The first kappa shape index (κ1) is 24.2. The minimum atomic E-state index is -1.07. The van der Waals surface area contributed by atoms with Gasteiger partial charge < -0.3 is 24.9 Å². The molecule has 2 unspecified atom stereocenters. The summed E-state index contributed by atoms with van der Waals surface area (Å²) in [4.78, 5) is 24.4. The van der Waals surface area contributed by atoms with Gasteiger partial charge in [-0.15, -0.1) is 0 Å². The number of carboxylic acid groups (broad SMARTS) is 1. The number of ether oxygens (including phenoxy) is 2. The summed E-state index contributed by atoms with van der Waals surface area (Å²) in [6, 6.07) is 12.0. The first-order chi connectivity index (χ1) is 16.5. The molecule has 8 heteroatoms. The molecule has 0 bridgehead atoms. The molecule has 182 valence electrons. The number of fused-ring (bicyclic) bond motifs is 2. The van der Waals surface area contributed by atoms with E-state index in [1.54, 1.807) is 6.92 Å². The summed E-state index contributed by atoms with van der Waals surface area (Å²) in [5.74, 6) is -0.958. The van der Waals surface area contributed by atoms with Crippen LogP contribution in [0.2, 0.25) is 0 Å². The molecule has 1 aliphatic heterocycles. The number of esters is 1. The predicted molar refractivity (Wildman–Crippen MR) is 126 cm³/mol. The van der Waals surface area contributed by atoms with Crippen molar-refractivity contribution in [1.82, 2.24) is 10.4 Å². The Balaban J connectivity index is 1.56. The van der Waals surface area contributed by atoms with Crippen LogP contribution in [0.1, 0.15) is 54.5 Å². The zero-order chi connectivity index (χ0) is 24.1. The molecule has 0 saturated heterocycles. The minimum absolute atomic E-state index is 0.00729. The molecular weight excluding hydrogens is 436 g/mol. The average Bonchev–Trinajstić information content (AvgIpc) is 3.25. The fourth-order valence-corrected chi connectivity index (χ4v) is 4.79. The van der Waals surface area contributed by atoms with Crippen LogP contribution in [0.3, 0.4) is 0 Å². The van der Waals surface area contributed by atoms with Crippen molar-refractivity contribution in [3.05, 3.63) is 69.9 Å². The van der Waals surface area contributed by atoms with E-state index in [1.165, 1.54) is 5.56 Å². The van der Waals surface area contributed by atoms with Crippen LogP contribution in [0.4, 0.5) is 0 Å². The molecule has 3 atom stereocenters. The second kappa shape index (κ2) is 11.0. The van der Waals surface area contributed by atoms with Crippen molar-refractivity contribution in [3.63, 3.8) is 0 Å². The molecule has 2 aromatic rings. The lowest BCUT2D eigenvalue weighted by atomic mass is 9.97. The predicted octanol–water partition coefficient (Wildman–Crippen LogP) is 3.36. The lowest BCUT2D eigenvalue weighted by Crippen LogP contribution is -2.53.